The number of esters is 1. The Morgan fingerprint density at radius 1 is 1.07 bits per heavy atom. The van der Waals surface area contributed by atoms with E-state index in [1.54, 1.807) is 0 Å². The minimum Gasteiger partial charge on any atom is -0.466 e. The fraction of sp³-hybridized carbons (Fsp3) is 0.696. The first-order valence-electron chi connectivity index (χ1n) is 10.2. The second-order valence-corrected chi connectivity index (χ2v) is 13.4. The van der Waals surface area contributed by atoms with E-state index in [-0.39, 0.29) is 23.4 Å². The molecule has 0 bridgehead atoms. The van der Waals surface area contributed by atoms with Gasteiger partial charge in [-0.25, -0.2) is 4.79 Å². The Balaban J connectivity index is 5.86. The quantitative estimate of drug-likeness (QED) is 0.179. The number of hydrogen-bond donors (Lipinski definition) is 0. The smallest absolute Gasteiger partial charge is 0.330 e. The highest BCUT2D eigenvalue weighted by Crippen LogP contribution is 2.30. The maximum Gasteiger partial charge on any atom is 0.330 e. The largest absolute Gasteiger partial charge is 0.466 e. The molecule has 0 radical (unpaired) electrons. The maximum absolute atomic E-state index is 11.5. The third-order valence-electron chi connectivity index (χ3n) is 5.09. The topological polar surface area (TPSA) is 35.5 Å². The molecule has 0 saturated heterocycles. The molecule has 0 unspecified atom stereocenters. The molecule has 27 heavy (non-hydrogen) atoms. The van der Waals surface area contributed by atoms with Crippen LogP contribution in [0.25, 0.3) is 0 Å². The van der Waals surface area contributed by atoms with E-state index in [0.29, 0.717) is 0 Å². The van der Waals surface area contributed by atoms with E-state index in [1.165, 1.54) is 24.3 Å². The van der Waals surface area contributed by atoms with Crippen LogP contribution >= 0.6 is 0 Å². The lowest BCUT2D eigenvalue weighted by Crippen LogP contribution is -2.42. The molecule has 156 valence electrons. The Kier molecular flexibility index (Phi) is 11.2. The van der Waals surface area contributed by atoms with Crippen molar-refractivity contribution in [2.24, 2.45) is 11.3 Å². The minimum atomic E-state index is -1.78. The second kappa shape index (κ2) is 11.7. The van der Waals surface area contributed by atoms with Crippen LogP contribution in [0, 0.1) is 11.3 Å². The van der Waals surface area contributed by atoms with Crippen molar-refractivity contribution in [1.82, 2.24) is 0 Å². The van der Waals surface area contributed by atoms with E-state index >= 15 is 0 Å². The lowest BCUT2D eigenvalue weighted by atomic mass is 9.92. The Labute approximate surface area is 169 Å². The van der Waals surface area contributed by atoms with Gasteiger partial charge < -0.3 is 9.16 Å². The lowest BCUT2D eigenvalue weighted by molar-refractivity contribution is -0.134. The van der Waals surface area contributed by atoms with Gasteiger partial charge in [-0.3, -0.25) is 0 Å². The summed E-state index contributed by atoms with van der Waals surface area (Å²) in [5.41, 5.74) is 2.60. The third-order valence-corrected chi connectivity index (χ3v) is 9.71. The van der Waals surface area contributed by atoms with Gasteiger partial charge in [-0.1, -0.05) is 72.3 Å². The molecule has 0 aliphatic heterocycles. The first kappa shape index (κ1) is 25.9. The zero-order chi connectivity index (χ0) is 21.3. The second-order valence-electron chi connectivity index (χ2n) is 8.67. The van der Waals surface area contributed by atoms with Gasteiger partial charge in [0.1, 0.15) is 0 Å². The number of ether oxygens (including phenoxy) is 1. The van der Waals surface area contributed by atoms with Crippen molar-refractivity contribution < 1.29 is 14.0 Å². The van der Waals surface area contributed by atoms with Crippen molar-refractivity contribution in [3.05, 3.63) is 35.5 Å². The van der Waals surface area contributed by atoms with Crippen LogP contribution in [-0.4, -0.2) is 27.5 Å². The molecule has 0 rings (SSSR count). The average Bonchev–Trinajstić information content (AvgIpc) is 2.59. The van der Waals surface area contributed by atoms with Crippen LogP contribution in [0.2, 0.25) is 18.1 Å². The van der Waals surface area contributed by atoms with Crippen LogP contribution in [0.5, 0.6) is 0 Å². The molecular weight excluding hydrogens is 352 g/mol. The van der Waals surface area contributed by atoms with Gasteiger partial charge in [0.2, 0.25) is 0 Å². The normalized spacial score (nSPS) is 16.5. The summed E-state index contributed by atoms with van der Waals surface area (Å²) in [7, 11) is -0.376. The summed E-state index contributed by atoms with van der Waals surface area (Å²) in [5.74, 6) is -0.227. The van der Waals surface area contributed by atoms with E-state index < -0.39 is 8.32 Å². The monoisotopic (exact) mass is 394 g/mol. The van der Waals surface area contributed by atoms with Crippen LogP contribution in [0.4, 0.5) is 0 Å². The molecule has 0 aromatic carbocycles. The Hall–Kier alpha value is -1.13. The molecule has 0 spiro atoms. The minimum absolute atomic E-state index is 0.0271. The molecule has 0 N–H and O–H groups in total. The fourth-order valence-corrected chi connectivity index (χ4v) is 6.39. The first-order chi connectivity index (χ1) is 12.4. The van der Waals surface area contributed by atoms with Crippen molar-refractivity contribution in [2.45, 2.75) is 86.5 Å². The van der Waals surface area contributed by atoms with Crippen LogP contribution in [0.15, 0.2) is 35.5 Å². The molecule has 0 saturated carbocycles. The van der Waals surface area contributed by atoms with E-state index in [2.05, 4.69) is 74.5 Å². The zero-order valence-electron chi connectivity index (χ0n) is 19.3. The van der Waals surface area contributed by atoms with Gasteiger partial charge in [0.25, 0.3) is 0 Å². The molecule has 0 heterocycles. The van der Waals surface area contributed by atoms with Gasteiger partial charge in [0, 0.05) is 12.0 Å². The summed E-state index contributed by atoms with van der Waals surface area (Å²) < 4.78 is 11.6. The van der Waals surface area contributed by atoms with E-state index in [0.717, 1.165) is 18.1 Å². The summed E-state index contributed by atoms with van der Waals surface area (Å²) in [6.45, 7) is 19.8. The Morgan fingerprint density at radius 3 is 2.00 bits per heavy atom. The van der Waals surface area contributed by atoms with E-state index in [4.69, 9.17) is 9.16 Å². The van der Waals surface area contributed by atoms with Crippen molar-refractivity contribution in [3.63, 3.8) is 0 Å². The Morgan fingerprint density at radius 2 is 1.59 bits per heavy atom. The molecule has 0 aliphatic rings. The van der Waals surface area contributed by atoms with Gasteiger partial charge >= 0.3 is 5.97 Å². The van der Waals surface area contributed by atoms with Crippen molar-refractivity contribution in [1.29, 1.82) is 0 Å². The highest BCUT2D eigenvalue weighted by molar-refractivity contribution is 6.73. The number of rotatable bonds is 10. The van der Waals surface area contributed by atoms with Gasteiger partial charge in [-0.05, 0) is 43.0 Å². The van der Waals surface area contributed by atoms with Gasteiger partial charge in [0.05, 0.1) is 13.2 Å². The van der Waals surface area contributed by atoms with Gasteiger partial charge in [0.15, 0.2) is 8.32 Å². The predicted molar refractivity (Wildman–Crippen MR) is 119 cm³/mol. The van der Waals surface area contributed by atoms with Gasteiger partial charge in [-0.15, -0.1) is 0 Å². The molecule has 0 aromatic rings. The summed E-state index contributed by atoms with van der Waals surface area (Å²) in [5, 5.41) is 0. The van der Waals surface area contributed by atoms with Crippen LogP contribution in [0.3, 0.4) is 0 Å². The van der Waals surface area contributed by atoms with E-state index in [1.807, 2.05) is 6.08 Å². The molecule has 2 atom stereocenters. The number of methoxy groups -OCH3 is 1. The number of allylic oxidation sites excluding steroid dienone is 3. The summed E-state index contributed by atoms with van der Waals surface area (Å²) >= 11 is 0. The van der Waals surface area contributed by atoms with Crippen molar-refractivity contribution >= 4 is 14.3 Å². The number of carbonyl (C=O) groups is 1. The summed E-state index contributed by atoms with van der Waals surface area (Å²) in [4.78, 5) is 11.5. The lowest BCUT2D eigenvalue weighted by Gasteiger charge is -2.36. The summed E-state index contributed by atoms with van der Waals surface area (Å²) in [6.07, 6.45) is 7.92. The fourth-order valence-electron chi connectivity index (χ4n) is 3.45. The standard InChI is InChI=1S/C23H42O3Si/c1-11-27(12-2,13-3)26-22(19(5)14-15-21(24)25-10)20(6)16-18(4)17-23(7,8)9/h14-17,19,22H,11-13H2,1-10H3/b15-14-,18-17+,20-16+/t19-,22+/m0/s1. The zero-order valence-corrected chi connectivity index (χ0v) is 20.3. The molecule has 0 aromatic heterocycles. The highest BCUT2D eigenvalue weighted by atomic mass is 28.4. The SMILES string of the molecule is CC[Si](CC)(CC)O[C@@H](/C(C)=C/C(C)=C/C(C)(C)C)[C@@H](C)/C=C\C(=O)OC. The average molecular weight is 395 g/mol. The molecule has 0 fully saturated rings. The predicted octanol–water partition coefficient (Wildman–Crippen LogP) is 6.68. The molecule has 3 nitrogen and oxygen atoms in total. The third kappa shape index (κ3) is 9.57. The number of hydrogen-bond acceptors (Lipinski definition) is 3. The number of carbonyl (C=O) groups excluding carboxylic acids is 1. The van der Waals surface area contributed by atoms with Crippen LogP contribution in [-0.2, 0) is 14.0 Å². The maximum atomic E-state index is 11.5. The summed E-state index contributed by atoms with van der Waals surface area (Å²) in [6, 6.07) is 3.32. The highest BCUT2D eigenvalue weighted by Gasteiger charge is 2.34. The molecule has 0 aliphatic carbocycles. The van der Waals surface area contributed by atoms with Crippen molar-refractivity contribution in [3.8, 4) is 0 Å². The molecule has 0 amide bonds. The molecule has 4 heteroatoms. The Bertz CT molecular complexity index is 540. The van der Waals surface area contributed by atoms with Gasteiger partial charge in [-0.2, -0.15) is 0 Å². The van der Waals surface area contributed by atoms with Crippen molar-refractivity contribution in [2.75, 3.05) is 7.11 Å². The first-order valence-corrected chi connectivity index (χ1v) is 12.8. The van der Waals surface area contributed by atoms with Crippen LogP contribution in [0.1, 0.15) is 62.3 Å². The van der Waals surface area contributed by atoms with Crippen LogP contribution < -0.4 is 0 Å². The molecular formula is C23H42O3Si. The van der Waals surface area contributed by atoms with E-state index in [9.17, 15) is 4.79 Å².